The average Bonchev–Trinajstić information content (AvgIpc) is 2.96. The molecular weight excluding hydrogens is 444 g/mol. The van der Waals surface area contributed by atoms with Crippen LogP contribution < -0.4 is 0 Å². The summed E-state index contributed by atoms with van der Waals surface area (Å²) in [6.07, 6.45) is 29.0. The summed E-state index contributed by atoms with van der Waals surface area (Å²) >= 11 is 0. The Morgan fingerprint density at radius 1 is 0.568 bits per heavy atom. The Labute approximate surface area is 229 Å². The zero-order valence-electron chi connectivity index (χ0n) is 24.1. The van der Waals surface area contributed by atoms with Crippen molar-refractivity contribution in [1.29, 1.82) is 0 Å². The molecule has 0 heteroatoms. The number of benzene rings is 2. The molecule has 2 aliphatic carbocycles. The fourth-order valence-corrected chi connectivity index (χ4v) is 6.96. The maximum atomic E-state index is 2.50. The highest BCUT2D eigenvalue weighted by atomic mass is 14.3. The zero-order chi connectivity index (χ0) is 25.7. The molecule has 2 saturated carbocycles. The normalized spacial score (nSPS) is 24.5. The SMILES string of the molecule is CCCCCCCC1CCC(C=Cc2ccc(-c3ccc(C4CCC(CCCC)CC4)cc3)cc2)CC1. The van der Waals surface area contributed by atoms with E-state index in [0.29, 0.717) is 0 Å². The highest BCUT2D eigenvalue weighted by Crippen LogP contribution is 2.38. The van der Waals surface area contributed by atoms with Crippen LogP contribution in [0.2, 0.25) is 0 Å². The maximum Gasteiger partial charge on any atom is -0.0162 e. The molecule has 0 heterocycles. The fraction of sp³-hybridized carbons (Fsp3) is 0.622. The number of hydrogen-bond donors (Lipinski definition) is 0. The van der Waals surface area contributed by atoms with Gasteiger partial charge in [-0.3, -0.25) is 0 Å². The Kier molecular flexibility index (Phi) is 11.9. The lowest BCUT2D eigenvalue weighted by atomic mass is 9.77. The van der Waals surface area contributed by atoms with Crippen LogP contribution in [0.5, 0.6) is 0 Å². The van der Waals surface area contributed by atoms with Gasteiger partial charge in [-0.1, -0.05) is 132 Å². The molecule has 0 bridgehead atoms. The Hall–Kier alpha value is -1.82. The third-order valence-electron chi connectivity index (χ3n) is 9.61. The Balaban J connectivity index is 1.20. The van der Waals surface area contributed by atoms with Gasteiger partial charge in [0, 0.05) is 0 Å². The van der Waals surface area contributed by atoms with Crippen molar-refractivity contribution in [2.24, 2.45) is 17.8 Å². The number of unbranched alkanes of at least 4 members (excludes halogenated alkanes) is 5. The second-order valence-electron chi connectivity index (χ2n) is 12.4. The number of hydrogen-bond acceptors (Lipinski definition) is 0. The van der Waals surface area contributed by atoms with Crippen LogP contribution in [0.1, 0.15) is 140 Å². The first kappa shape index (κ1) is 28.2. The van der Waals surface area contributed by atoms with E-state index in [0.717, 1.165) is 23.7 Å². The summed E-state index contributed by atoms with van der Waals surface area (Å²) in [6.45, 7) is 4.63. The van der Waals surface area contributed by atoms with Crippen molar-refractivity contribution in [1.82, 2.24) is 0 Å². The molecule has 0 spiro atoms. The first-order valence-corrected chi connectivity index (χ1v) is 16.1. The summed E-state index contributed by atoms with van der Waals surface area (Å²) in [5.74, 6) is 3.55. The summed E-state index contributed by atoms with van der Waals surface area (Å²) < 4.78 is 0. The van der Waals surface area contributed by atoms with Gasteiger partial charge < -0.3 is 0 Å². The third-order valence-corrected chi connectivity index (χ3v) is 9.61. The molecule has 0 unspecified atom stereocenters. The number of rotatable bonds is 13. The van der Waals surface area contributed by atoms with Crippen molar-refractivity contribution >= 4 is 6.08 Å². The van der Waals surface area contributed by atoms with Crippen LogP contribution in [0.25, 0.3) is 17.2 Å². The van der Waals surface area contributed by atoms with Crippen LogP contribution >= 0.6 is 0 Å². The predicted molar refractivity (Wildman–Crippen MR) is 164 cm³/mol. The van der Waals surface area contributed by atoms with Crippen molar-refractivity contribution in [2.45, 2.75) is 129 Å². The summed E-state index contributed by atoms with van der Waals surface area (Å²) in [4.78, 5) is 0. The van der Waals surface area contributed by atoms with E-state index in [4.69, 9.17) is 0 Å². The smallest absolute Gasteiger partial charge is 0.0162 e. The molecule has 2 aromatic carbocycles. The summed E-state index contributed by atoms with van der Waals surface area (Å²) in [7, 11) is 0. The molecule has 0 amide bonds. The first-order chi connectivity index (χ1) is 18.2. The first-order valence-electron chi connectivity index (χ1n) is 16.1. The predicted octanol–water partition coefficient (Wildman–Crippen LogP) is 12.0. The molecule has 0 radical (unpaired) electrons. The standard InChI is InChI=1S/C37H54/c1-3-5-7-8-9-11-31-12-14-32(15-13-31)16-17-33-20-24-35(25-21-33)37-28-26-36(27-29-37)34-22-18-30(19-23-34)10-6-4-2/h16-17,20-21,24-32,34H,3-15,18-19,22-23H2,1-2H3. The second-order valence-corrected chi connectivity index (χ2v) is 12.4. The van der Waals surface area contributed by atoms with Crippen molar-refractivity contribution in [3.63, 3.8) is 0 Å². The second kappa shape index (κ2) is 15.6. The van der Waals surface area contributed by atoms with Crippen molar-refractivity contribution in [2.75, 3.05) is 0 Å². The minimum absolute atomic E-state index is 0.778. The molecule has 2 aromatic rings. The third kappa shape index (κ3) is 9.15. The average molecular weight is 499 g/mol. The summed E-state index contributed by atoms with van der Waals surface area (Å²) in [6, 6.07) is 18.7. The Bertz CT molecular complexity index is 886. The van der Waals surface area contributed by atoms with Gasteiger partial charge in [-0.15, -0.1) is 0 Å². The van der Waals surface area contributed by atoms with Gasteiger partial charge >= 0.3 is 0 Å². The molecule has 0 saturated heterocycles. The lowest BCUT2D eigenvalue weighted by molar-refractivity contribution is 0.289. The quantitative estimate of drug-likeness (QED) is 0.241. The summed E-state index contributed by atoms with van der Waals surface area (Å²) in [5.41, 5.74) is 5.59. The molecule has 0 atom stereocenters. The molecule has 2 aliphatic rings. The van der Waals surface area contributed by atoms with Crippen molar-refractivity contribution in [3.05, 3.63) is 65.7 Å². The minimum atomic E-state index is 0.778. The molecule has 0 aromatic heterocycles. The fourth-order valence-electron chi connectivity index (χ4n) is 6.96. The van der Waals surface area contributed by atoms with Crippen LogP contribution in [0.15, 0.2) is 54.6 Å². The van der Waals surface area contributed by atoms with E-state index < -0.39 is 0 Å². The lowest BCUT2D eigenvalue weighted by Crippen LogP contribution is -2.13. The van der Waals surface area contributed by atoms with E-state index in [1.807, 2.05) is 0 Å². The van der Waals surface area contributed by atoms with E-state index in [1.54, 1.807) is 5.56 Å². The van der Waals surface area contributed by atoms with Gasteiger partial charge in [-0.2, -0.15) is 0 Å². The van der Waals surface area contributed by atoms with Gasteiger partial charge in [0.1, 0.15) is 0 Å². The number of allylic oxidation sites excluding steroid dienone is 1. The van der Waals surface area contributed by atoms with Gasteiger partial charge in [-0.25, -0.2) is 0 Å². The van der Waals surface area contributed by atoms with Gasteiger partial charge in [-0.05, 0) is 97.3 Å². The molecule has 0 aliphatic heterocycles. The van der Waals surface area contributed by atoms with E-state index >= 15 is 0 Å². The molecule has 2 fully saturated rings. The lowest BCUT2D eigenvalue weighted by Gasteiger charge is -2.29. The summed E-state index contributed by atoms with van der Waals surface area (Å²) in [5, 5.41) is 0. The van der Waals surface area contributed by atoms with Gasteiger partial charge in [0.15, 0.2) is 0 Å². The topological polar surface area (TPSA) is 0 Å². The highest BCUT2D eigenvalue weighted by molar-refractivity contribution is 5.66. The van der Waals surface area contributed by atoms with Gasteiger partial charge in [0.25, 0.3) is 0 Å². The van der Waals surface area contributed by atoms with Gasteiger partial charge in [0.05, 0.1) is 0 Å². The van der Waals surface area contributed by atoms with Crippen LogP contribution in [-0.2, 0) is 0 Å². The maximum absolute atomic E-state index is 2.50. The van der Waals surface area contributed by atoms with Crippen LogP contribution in [0, 0.1) is 17.8 Å². The highest BCUT2D eigenvalue weighted by Gasteiger charge is 2.22. The molecular formula is C37H54. The zero-order valence-corrected chi connectivity index (χ0v) is 24.1. The molecule has 0 nitrogen and oxygen atoms in total. The van der Waals surface area contributed by atoms with E-state index in [9.17, 15) is 0 Å². The van der Waals surface area contributed by atoms with Crippen LogP contribution in [-0.4, -0.2) is 0 Å². The van der Waals surface area contributed by atoms with Gasteiger partial charge in [0.2, 0.25) is 0 Å². The van der Waals surface area contributed by atoms with E-state index in [-0.39, 0.29) is 0 Å². The molecule has 4 rings (SSSR count). The Morgan fingerprint density at radius 3 is 1.73 bits per heavy atom. The largest absolute Gasteiger partial charge is 0.0808 e. The minimum Gasteiger partial charge on any atom is -0.0808 e. The van der Waals surface area contributed by atoms with Crippen molar-refractivity contribution in [3.8, 4) is 11.1 Å². The van der Waals surface area contributed by atoms with Crippen LogP contribution in [0.3, 0.4) is 0 Å². The molecule has 0 N–H and O–H groups in total. The van der Waals surface area contributed by atoms with E-state index in [1.165, 1.54) is 126 Å². The van der Waals surface area contributed by atoms with Crippen LogP contribution in [0.4, 0.5) is 0 Å². The van der Waals surface area contributed by atoms with E-state index in [2.05, 4.69) is 74.5 Å². The Morgan fingerprint density at radius 2 is 1.11 bits per heavy atom. The molecule has 202 valence electrons. The van der Waals surface area contributed by atoms with Crippen molar-refractivity contribution < 1.29 is 0 Å². The molecule has 37 heavy (non-hydrogen) atoms. The monoisotopic (exact) mass is 498 g/mol.